The number of benzene rings is 4. The average Bonchev–Trinajstić information content (AvgIpc) is 2.59. The van der Waals surface area contributed by atoms with Gasteiger partial charge in [-0.1, -0.05) is 42.5 Å². The SMILES string of the molecule is COCCOc1ccc2ccc3cccc4ccc1c2c34.C[P+](O)(O)O. The highest BCUT2D eigenvalue weighted by molar-refractivity contribution is 7.57. The van der Waals surface area contributed by atoms with Crippen LogP contribution in [0.5, 0.6) is 5.75 Å². The summed E-state index contributed by atoms with van der Waals surface area (Å²) < 4.78 is 10.9. The minimum absolute atomic E-state index is 0.570. The molecule has 4 aromatic carbocycles. The summed E-state index contributed by atoms with van der Waals surface area (Å²) in [6.45, 7) is 2.13. The minimum atomic E-state index is -3.39. The van der Waals surface area contributed by atoms with Crippen LogP contribution in [0.2, 0.25) is 0 Å². The second-order valence-corrected chi connectivity index (χ2v) is 7.87. The molecular weight excluding hydrogens is 351 g/mol. The van der Waals surface area contributed by atoms with Gasteiger partial charge in [-0.15, -0.1) is 0 Å². The van der Waals surface area contributed by atoms with Gasteiger partial charge in [-0.05, 0) is 33.7 Å². The Bertz CT molecular complexity index is 988. The van der Waals surface area contributed by atoms with Crippen molar-refractivity contribution in [3.63, 3.8) is 0 Å². The topological polar surface area (TPSA) is 79.2 Å². The molecule has 5 nitrogen and oxygen atoms in total. The third-order valence-electron chi connectivity index (χ3n) is 4.03. The van der Waals surface area contributed by atoms with Gasteiger partial charge in [-0.3, -0.25) is 0 Å². The van der Waals surface area contributed by atoms with Crippen LogP contribution in [0.4, 0.5) is 0 Å². The van der Waals surface area contributed by atoms with Crippen LogP contribution in [0.3, 0.4) is 0 Å². The predicted molar refractivity (Wildman–Crippen MR) is 107 cm³/mol. The van der Waals surface area contributed by atoms with Crippen LogP contribution < -0.4 is 4.74 Å². The largest absolute Gasteiger partial charge is 0.491 e. The fourth-order valence-corrected chi connectivity index (χ4v) is 3.07. The molecule has 0 saturated carbocycles. The molecule has 4 rings (SSSR count). The molecule has 0 spiro atoms. The Morgan fingerprint density at radius 2 is 1.31 bits per heavy atom. The van der Waals surface area contributed by atoms with E-state index in [2.05, 4.69) is 54.6 Å². The maximum atomic E-state index is 7.74. The Labute approximate surface area is 152 Å². The van der Waals surface area contributed by atoms with E-state index in [0.717, 1.165) is 12.4 Å². The number of ether oxygens (including phenoxy) is 2. The van der Waals surface area contributed by atoms with Gasteiger partial charge in [-0.2, -0.15) is 14.7 Å². The third kappa shape index (κ3) is 4.21. The van der Waals surface area contributed by atoms with Crippen molar-refractivity contribution in [2.24, 2.45) is 0 Å². The van der Waals surface area contributed by atoms with E-state index >= 15 is 0 Å². The zero-order chi connectivity index (χ0) is 18.7. The van der Waals surface area contributed by atoms with Crippen molar-refractivity contribution in [3.8, 4) is 5.75 Å². The lowest BCUT2D eigenvalue weighted by Crippen LogP contribution is -2.04. The molecule has 0 aliphatic carbocycles. The molecule has 26 heavy (non-hydrogen) atoms. The van der Waals surface area contributed by atoms with Crippen molar-refractivity contribution < 1.29 is 24.2 Å². The van der Waals surface area contributed by atoms with Gasteiger partial charge in [0.05, 0.1) is 6.61 Å². The van der Waals surface area contributed by atoms with E-state index in [9.17, 15) is 0 Å². The van der Waals surface area contributed by atoms with Crippen LogP contribution in [-0.4, -0.2) is 41.7 Å². The Hall–Kier alpha value is -2.01. The Balaban J connectivity index is 0.000000349. The van der Waals surface area contributed by atoms with Gasteiger partial charge < -0.3 is 9.47 Å². The van der Waals surface area contributed by atoms with Gasteiger partial charge in [0.1, 0.15) is 19.0 Å². The Morgan fingerprint density at radius 3 is 1.92 bits per heavy atom. The van der Waals surface area contributed by atoms with Crippen molar-refractivity contribution in [1.82, 2.24) is 0 Å². The van der Waals surface area contributed by atoms with Gasteiger partial charge in [0.25, 0.3) is 0 Å². The Kier molecular flexibility index (Phi) is 5.56. The molecule has 0 fully saturated rings. The zero-order valence-corrected chi connectivity index (χ0v) is 15.6. The molecular formula is C20H22O5P+. The molecule has 0 aliphatic heterocycles. The molecule has 0 saturated heterocycles. The number of hydrogen-bond donors (Lipinski definition) is 3. The molecule has 3 N–H and O–H groups in total. The first-order chi connectivity index (χ1) is 12.4. The van der Waals surface area contributed by atoms with Crippen LogP contribution in [0.15, 0.2) is 54.6 Å². The predicted octanol–water partition coefficient (Wildman–Crippen LogP) is 3.96. The normalized spacial score (nSPS) is 11.7. The summed E-state index contributed by atoms with van der Waals surface area (Å²) in [6, 6.07) is 19.3. The molecule has 0 bridgehead atoms. The second-order valence-electron chi connectivity index (χ2n) is 6.13. The smallest absolute Gasteiger partial charge is 0.400 e. The third-order valence-corrected chi connectivity index (χ3v) is 4.03. The van der Waals surface area contributed by atoms with Crippen LogP contribution >= 0.6 is 7.94 Å². The van der Waals surface area contributed by atoms with E-state index in [1.165, 1.54) is 32.3 Å². The van der Waals surface area contributed by atoms with E-state index in [4.69, 9.17) is 24.2 Å². The lowest BCUT2D eigenvalue weighted by molar-refractivity contribution is 0.147. The molecule has 0 heterocycles. The van der Waals surface area contributed by atoms with Crippen molar-refractivity contribution in [3.05, 3.63) is 54.6 Å². The lowest BCUT2D eigenvalue weighted by atomic mass is 9.94. The van der Waals surface area contributed by atoms with Gasteiger partial charge >= 0.3 is 7.94 Å². The first kappa shape index (κ1) is 18.8. The van der Waals surface area contributed by atoms with E-state index in [1.54, 1.807) is 7.11 Å². The summed E-state index contributed by atoms with van der Waals surface area (Å²) in [5.41, 5.74) is 0. The van der Waals surface area contributed by atoms with Crippen molar-refractivity contribution in [2.75, 3.05) is 27.0 Å². The lowest BCUT2D eigenvalue weighted by Gasteiger charge is -2.14. The molecule has 0 radical (unpaired) electrons. The fourth-order valence-electron chi connectivity index (χ4n) is 3.07. The van der Waals surface area contributed by atoms with E-state index < -0.39 is 7.94 Å². The van der Waals surface area contributed by atoms with Crippen molar-refractivity contribution in [2.45, 2.75) is 0 Å². The minimum Gasteiger partial charge on any atom is -0.491 e. The maximum Gasteiger partial charge on any atom is 0.400 e. The summed E-state index contributed by atoms with van der Waals surface area (Å²) in [7, 11) is -1.70. The highest BCUT2D eigenvalue weighted by Gasteiger charge is 2.17. The van der Waals surface area contributed by atoms with Gasteiger partial charge in [0, 0.05) is 17.9 Å². The summed E-state index contributed by atoms with van der Waals surface area (Å²) in [4.78, 5) is 23.2. The van der Waals surface area contributed by atoms with Gasteiger partial charge in [-0.25, -0.2) is 0 Å². The molecule has 136 valence electrons. The summed E-state index contributed by atoms with van der Waals surface area (Å²) in [6.07, 6.45) is 0. The number of rotatable bonds is 4. The van der Waals surface area contributed by atoms with Crippen LogP contribution in [0.25, 0.3) is 32.3 Å². The molecule has 0 atom stereocenters. The van der Waals surface area contributed by atoms with Crippen LogP contribution in [0, 0.1) is 0 Å². The van der Waals surface area contributed by atoms with Crippen molar-refractivity contribution >= 4 is 40.3 Å². The summed E-state index contributed by atoms with van der Waals surface area (Å²) in [5, 5.41) is 7.60. The quantitative estimate of drug-likeness (QED) is 0.287. The number of methoxy groups -OCH3 is 1. The van der Waals surface area contributed by atoms with E-state index in [-0.39, 0.29) is 0 Å². The second kappa shape index (κ2) is 7.70. The van der Waals surface area contributed by atoms with Gasteiger partial charge in [0.2, 0.25) is 0 Å². The Morgan fingerprint density at radius 1 is 0.769 bits per heavy atom. The van der Waals surface area contributed by atoms with Crippen LogP contribution in [0.1, 0.15) is 0 Å². The molecule has 0 aliphatic rings. The first-order valence-electron chi connectivity index (χ1n) is 8.21. The highest BCUT2D eigenvalue weighted by atomic mass is 31.2. The van der Waals surface area contributed by atoms with Crippen molar-refractivity contribution in [1.29, 1.82) is 0 Å². The maximum absolute atomic E-state index is 7.74. The molecule has 4 aromatic rings. The average molecular weight is 373 g/mol. The van der Waals surface area contributed by atoms with E-state index in [1.807, 2.05) is 0 Å². The standard InChI is InChI=1S/C19H16O2.CH6O3P/c1-20-11-12-21-17-10-8-15-6-5-13-3-2-4-14-7-9-16(17)19(15)18(13)14;1-5(2,3)4/h2-10H,11-12H2,1H3;2-4H,1H3/q;+1. The molecule has 0 aromatic heterocycles. The monoisotopic (exact) mass is 373 g/mol. The molecule has 0 amide bonds. The molecule has 0 unspecified atom stereocenters. The summed E-state index contributed by atoms with van der Waals surface area (Å²) in [5.74, 6) is 0.929. The fraction of sp³-hybridized carbons (Fsp3) is 0.200. The summed E-state index contributed by atoms with van der Waals surface area (Å²) >= 11 is 0. The number of hydrogen-bond acceptors (Lipinski definition) is 5. The van der Waals surface area contributed by atoms with Crippen LogP contribution in [-0.2, 0) is 4.74 Å². The zero-order valence-electron chi connectivity index (χ0n) is 14.7. The molecule has 6 heteroatoms. The van der Waals surface area contributed by atoms with Gasteiger partial charge in [0.15, 0.2) is 0 Å². The van der Waals surface area contributed by atoms with E-state index in [0.29, 0.717) is 13.2 Å². The first-order valence-corrected chi connectivity index (χ1v) is 10.3. The highest BCUT2D eigenvalue weighted by Crippen LogP contribution is 2.39.